The zero-order valence-corrected chi connectivity index (χ0v) is 23.6. The molecule has 0 aliphatic rings. The van der Waals surface area contributed by atoms with Crippen LogP contribution in [0.4, 0.5) is 0 Å². The first-order valence-corrected chi connectivity index (χ1v) is 15.3. The van der Waals surface area contributed by atoms with Gasteiger partial charge in [-0.25, -0.2) is 9.97 Å². The van der Waals surface area contributed by atoms with Crippen molar-refractivity contribution in [3.05, 3.63) is 121 Å². The van der Waals surface area contributed by atoms with Gasteiger partial charge in [0, 0.05) is 52.8 Å². The van der Waals surface area contributed by atoms with Crippen molar-refractivity contribution in [2.45, 2.75) is 0 Å². The Kier molecular flexibility index (Phi) is 3.94. The smallest absolute Gasteiger partial charge is 0.165 e. The zero-order valence-electron chi connectivity index (χ0n) is 22.7. The van der Waals surface area contributed by atoms with Crippen molar-refractivity contribution in [3.63, 3.8) is 0 Å². The number of para-hydroxylation sites is 4. The lowest BCUT2D eigenvalue weighted by Crippen LogP contribution is -1.94. The van der Waals surface area contributed by atoms with E-state index in [1.807, 2.05) is 29.5 Å². The van der Waals surface area contributed by atoms with E-state index in [0.717, 1.165) is 38.8 Å². The van der Waals surface area contributed by atoms with Crippen LogP contribution in [0.25, 0.3) is 97.1 Å². The van der Waals surface area contributed by atoms with Crippen molar-refractivity contribution in [1.29, 1.82) is 0 Å². The lowest BCUT2D eigenvalue weighted by Gasteiger charge is -2.09. The summed E-state index contributed by atoms with van der Waals surface area (Å²) in [5.74, 6) is 0. The standard InChI is InChI=1S/C38H20N4S/c1-6-14-30-22(9-1)26-19-21(20-27-35-38(42(30)36(26)27)40-29-13-5-4-12-28(29)39-35)41-31-15-7-2-11-25(31)34-32(41)18-17-24-23-10-3-8-16-33(23)43-37(24)34/h1-20H. The van der Waals surface area contributed by atoms with Crippen LogP contribution in [-0.4, -0.2) is 18.9 Å². The van der Waals surface area contributed by atoms with Gasteiger partial charge in [0.05, 0.1) is 33.1 Å². The molecule has 0 N–H and O–H groups in total. The van der Waals surface area contributed by atoms with Crippen LogP contribution in [0.3, 0.4) is 0 Å². The Bertz CT molecular complexity index is 2960. The van der Waals surface area contributed by atoms with Gasteiger partial charge in [-0.3, -0.25) is 4.40 Å². The first-order chi connectivity index (χ1) is 21.3. The van der Waals surface area contributed by atoms with Crippen LogP contribution in [0.5, 0.6) is 0 Å². The summed E-state index contributed by atoms with van der Waals surface area (Å²) in [7, 11) is 0. The van der Waals surface area contributed by atoms with E-state index in [9.17, 15) is 0 Å². The summed E-state index contributed by atoms with van der Waals surface area (Å²) >= 11 is 1.89. The van der Waals surface area contributed by atoms with Crippen LogP contribution in [-0.2, 0) is 0 Å². The average molecular weight is 565 g/mol. The molecule has 43 heavy (non-hydrogen) atoms. The summed E-state index contributed by atoms with van der Waals surface area (Å²) in [6.45, 7) is 0. The number of fused-ring (bicyclic) bond motifs is 14. The second kappa shape index (κ2) is 7.65. The van der Waals surface area contributed by atoms with Gasteiger partial charge in [0.2, 0.25) is 0 Å². The summed E-state index contributed by atoms with van der Waals surface area (Å²) in [4.78, 5) is 10.4. The fourth-order valence-corrected chi connectivity index (χ4v) is 8.71. The minimum atomic E-state index is 0.909. The number of rotatable bonds is 1. The Labute approximate surface area is 248 Å². The third-order valence-electron chi connectivity index (χ3n) is 9.21. The molecule has 4 nitrogen and oxygen atoms in total. The van der Waals surface area contributed by atoms with Crippen LogP contribution >= 0.6 is 11.3 Å². The van der Waals surface area contributed by atoms with E-state index in [1.165, 1.54) is 58.3 Å². The highest BCUT2D eigenvalue weighted by Gasteiger charge is 2.23. The van der Waals surface area contributed by atoms with E-state index < -0.39 is 0 Å². The lowest BCUT2D eigenvalue weighted by molar-refractivity contribution is 1.19. The van der Waals surface area contributed by atoms with Crippen molar-refractivity contribution in [3.8, 4) is 5.69 Å². The fraction of sp³-hybridized carbons (Fsp3) is 0. The Balaban J connectivity index is 1.35. The molecule has 0 atom stereocenters. The first kappa shape index (κ1) is 22.1. The summed E-state index contributed by atoms with van der Waals surface area (Å²) in [6.07, 6.45) is 0. The number of thiophene rings is 1. The molecule has 0 aliphatic heterocycles. The van der Waals surface area contributed by atoms with Gasteiger partial charge < -0.3 is 4.57 Å². The second-order valence-corrected chi connectivity index (χ2v) is 12.5. The van der Waals surface area contributed by atoms with Crippen LogP contribution in [0.2, 0.25) is 0 Å². The molecule has 0 amide bonds. The quantitative estimate of drug-likeness (QED) is 0.199. The van der Waals surface area contributed by atoms with Gasteiger partial charge in [0.15, 0.2) is 5.65 Å². The van der Waals surface area contributed by atoms with Crippen LogP contribution in [0.1, 0.15) is 0 Å². The van der Waals surface area contributed by atoms with Crippen LogP contribution in [0, 0.1) is 0 Å². The van der Waals surface area contributed by atoms with E-state index in [2.05, 4.69) is 112 Å². The van der Waals surface area contributed by atoms with Gasteiger partial charge in [0.1, 0.15) is 5.52 Å². The molecule has 0 bridgehead atoms. The summed E-state index contributed by atoms with van der Waals surface area (Å²) in [5, 5.41) is 8.83. The maximum Gasteiger partial charge on any atom is 0.165 e. The topological polar surface area (TPSA) is 35.1 Å². The van der Waals surface area contributed by atoms with E-state index in [1.54, 1.807) is 0 Å². The Hall–Kier alpha value is -5.52. The maximum atomic E-state index is 5.20. The Morgan fingerprint density at radius 3 is 2.09 bits per heavy atom. The molecule has 5 aromatic heterocycles. The van der Waals surface area contributed by atoms with Gasteiger partial charge in [-0.05, 0) is 48.5 Å². The molecule has 11 aromatic rings. The molecule has 0 saturated carbocycles. The monoisotopic (exact) mass is 564 g/mol. The number of nitrogens with zero attached hydrogens (tertiary/aromatic N) is 4. The number of hydrogen-bond donors (Lipinski definition) is 0. The SMILES string of the molecule is c1ccc2nc3c(nc2c1)c1cc(-n2c4ccccc4c4c5sc6ccccc6c5ccc42)cc2c4ccccc4n3c21. The average Bonchev–Trinajstić information content (AvgIpc) is 3.78. The summed E-state index contributed by atoms with van der Waals surface area (Å²) < 4.78 is 7.43. The molecular weight excluding hydrogens is 545 g/mol. The predicted molar refractivity (Wildman–Crippen MR) is 181 cm³/mol. The molecule has 5 heterocycles. The fourth-order valence-electron chi connectivity index (χ4n) is 7.45. The molecule has 198 valence electrons. The predicted octanol–water partition coefficient (Wildman–Crippen LogP) is 10.2. The van der Waals surface area contributed by atoms with Crippen LogP contribution in [0.15, 0.2) is 121 Å². The lowest BCUT2D eigenvalue weighted by atomic mass is 10.1. The maximum absolute atomic E-state index is 5.20. The van der Waals surface area contributed by atoms with Crippen molar-refractivity contribution in [1.82, 2.24) is 18.9 Å². The molecule has 0 fully saturated rings. The van der Waals surface area contributed by atoms with Crippen molar-refractivity contribution < 1.29 is 0 Å². The molecule has 6 aromatic carbocycles. The first-order valence-electron chi connectivity index (χ1n) is 14.5. The van der Waals surface area contributed by atoms with E-state index >= 15 is 0 Å². The highest BCUT2D eigenvalue weighted by molar-refractivity contribution is 7.26. The third-order valence-corrected chi connectivity index (χ3v) is 10.4. The van der Waals surface area contributed by atoms with Crippen LogP contribution < -0.4 is 0 Å². The molecule has 5 heteroatoms. The minimum absolute atomic E-state index is 0.909. The molecule has 0 aliphatic carbocycles. The molecule has 11 rings (SSSR count). The number of aromatic nitrogens is 4. The highest BCUT2D eigenvalue weighted by Crippen LogP contribution is 2.45. The number of benzene rings is 6. The zero-order chi connectivity index (χ0) is 27.8. The van der Waals surface area contributed by atoms with Crippen molar-refractivity contribution in [2.24, 2.45) is 0 Å². The second-order valence-electron chi connectivity index (χ2n) is 11.4. The molecular formula is C38H20N4S. The Morgan fingerprint density at radius 1 is 0.512 bits per heavy atom. The highest BCUT2D eigenvalue weighted by atomic mass is 32.1. The molecule has 0 saturated heterocycles. The molecule has 0 unspecified atom stereocenters. The van der Waals surface area contributed by atoms with Gasteiger partial charge in [-0.15, -0.1) is 11.3 Å². The largest absolute Gasteiger partial charge is 0.309 e. The van der Waals surface area contributed by atoms with E-state index in [4.69, 9.17) is 9.97 Å². The number of hydrogen-bond acceptors (Lipinski definition) is 3. The Morgan fingerprint density at radius 2 is 1.21 bits per heavy atom. The normalized spacial score (nSPS) is 12.7. The van der Waals surface area contributed by atoms with Gasteiger partial charge >= 0.3 is 0 Å². The third kappa shape index (κ3) is 2.67. The van der Waals surface area contributed by atoms with Gasteiger partial charge in [-0.2, -0.15) is 0 Å². The van der Waals surface area contributed by atoms with Crippen molar-refractivity contribution >= 4 is 103 Å². The minimum Gasteiger partial charge on any atom is -0.309 e. The van der Waals surface area contributed by atoms with E-state index in [-0.39, 0.29) is 0 Å². The van der Waals surface area contributed by atoms with Gasteiger partial charge in [-0.1, -0.05) is 72.8 Å². The molecule has 0 radical (unpaired) electrons. The summed E-state index contributed by atoms with van der Waals surface area (Å²) in [5.41, 5.74) is 9.59. The molecule has 0 spiro atoms. The van der Waals surface area contributed by atoms with Gasteiger partial charge in [0.25, 0.3) is 0 Å². The summed E-state index contributed by atoms with van der Waals surface area (Å²) in [6, 6.07) is 43.7. The van der Waals surface area contributed by atoms with Crippen molar-refractivity contribution in [2.75, 3.05) is 0 Å². The van der Waals surface area contributed by atoms with E-state index in [0.29, 0.717) is 0 Å².